The first-order valence-corrected chi connectivity index (χ1v) is 9.51. The van der Waals surface area contributed by atoms with Gasteiger partial charge in [0.2, 0.25) is 15.9 Å². The summed E-state index contributed by atoms with van der Waals surface area (Å²) in [4.78, 5) is 15.1. The number of hydrogen-bond donors (Lipinski definition) is 3. The molecule has 3 rings (SSSR count). The van der Waals surface area contributed by atoms with Gasteiger partial charge in [-0.1, -0.05) is 12.1 Å². The number of amides is 1. The van der Waals surface area contributed by atoms with Crippen LogP contribution in [-0.4, -0.2) is 25.9 Å². The fraction of sp³-hybridized carbons (Fsp3) is 0.167. The van der Waals surface area contributed by atoms with E-state index in [-0.39, 0.29) is 23.0 Å². The lowest BCUT2D eigenvalue weighted by Crippen LogP contribution is -2.27. The molecule has 26 heavy (non-hydrogen) atoms. The summed E-state index contributed by atoms with van der Waals surface area (Å²) in [6, 6.07) is 10.6. The van der Waals surface area contributed by atoms with Gasteiger partial charge in [-0.05, 0) is 47.9 Å². The van der Waals surface area contributed by atoms with Crippen LogP contribution in [0.25, 0.3) is 10.9 Å². The van der Waals surface area contributed by atoms with Crippen LogP contribution in [0, 0.1) is 5.82 Å². The average molecular weight is 375 g/mol. The Hall–Kier alpha value is -2.71. The Morgan fingerprint density at radius 2 is 1.88 bits per heavy atom. The normalized spacial score (nSPS) is 11.6. The van der Waals surface area contributed by atoms with Crippen molar-refractivity contribution in [3.63, 3.8) is 0 Å². The van der Waals surface area contributed by atoms with Gasteiger partial charge in [0, 0.05) is 23.6 Å². The lowest BCUT2D eigenvalue weighted by Gasteiger charge is -2.06. The highest BCUT2D eigenvalue weighted by atomic mass is 32.2. The van der Waals surface area contributed by atoms with Crippen LogP contribution in [0.15, 0.2) is 53.6 Å². The summed E-state index contributed by atoms with van der Waals surface area (Å²) in [5, 5.41) is 8.69. The highest BCUT2D eigenvalue weighted by Crippen LogP contribution is 2.19. The van der Waals surface area contributed by atoms with Crippen molar-refractivity contribution in [2.24, 2.45) is 5.14 Å². The van der Waals surface area contributed by atoms with Gasteiger partial charge in [-0.2, -0.15) is 0 Å². The Morgan fingerprint density at radius 3 is 2.58 bits per heavy atom. The first-order chi connectivity index (χ1) is 12.3. The maximum absolute atomic E-state index is 13.2. The summed E-state index contributed by atoms with van der Waals surface area (Å²) in [6.07, 6.45) is 2.46. The number of benzene rings is 2. The molecule has 0 atom stereocenters. The molecule has 6 nitrogen and oxygen atoms in total. The van der Waals surface area contributed by atoms with Crippen LogP contribution in [0.5, 0.6) is 0 Å². The van der Waals surface area contributed by atoms with E-state index in [4.69, 9.17) is 5.14 Å². The fourth-order valence-corrected chi connectivity index (χ4v) is 3.25. The van der Waals surface area contributed by atoms with Crippen LogP contribution in [0.3, 0.4) is 0 Å². The summed E-state index contributed by atoms with van der Waals surface area (Å²) >= 11 is 0. The molecule has 0 saturated heterocycles. The first-order valence-electron chi connectivity index (χ1n) is 7.97. The van der Waals surface area contributed by atoms with E-state index in [2.05, 4.69) is 10.3 Å². The number of nitrogens with two attached hydrogens (primary N) is 1. The number of primary sulfonamides is 1. The molecule has 0 spiro atoms. The smallest absolute Gasteiger partial charge is 0.238 e. The van der Waals surface area contributed by atoms with Gasteiger partial charge < -0.3 is 10.3 Å². The minimum absolute atomic E-state index is 0.0565. The molecule has 2 aromatic carbocycles. The third-order valence-corrected chi connectivity index (χ3v) is 5.00. The second-order valence-corrected chi connectivity index (χ2v) is 7.53. The van der Waals surface area contributed by atoms with E-state index < -0.39 is 10.0 Å². The van der Waals surface area contributed by atoms with Crippen molar-refractivity contribution in [3.8, 4) is 0 Å². The molecule has 1 amide bonds. The molecule has 0 fully saturated rings. The minimum atomic E-state index is -3.70. The minimum Gasteiger partial charge on any atom is -0.361 e. The molecule has 0 saturated carbocycles. The predicted octanol–water partition coefficient (Wildman–Crippen LogP) is 1.86. The molecular weight excluding hydrogens is 357 g/mol. The number of H-pyrrole nitrogens is 1. The van der Waals surface area contributed by atoms with Crippen molar-refractivity contribution in [2.75, 3.05) is 6.54 Å². The van der Waals surface area contributed by atoms with E-state index in [1.165, 1.54) is 24.3 Å². The zero-order valence-corrected chi connectivity index (χ0v) is 14.6. The average Bonchev–Trinajstić information content (AvgIpc) is 2.96. The van der Waals surface area contributed by atoms with E-state index in [1.54, 1.807) is 24.4 Å². The number of aromatic nitrogens is 1. The fourth-order valence-electron chi connectivity index (χ4n) is 2.73. The van der Waals surface area contributed by atoms with E-state index >= 15 is 0 Å². The standard InChI is InChI=1S/C18H18FN3O3S/c19-14-3-6-16-13(11-22-17(16)10-14)9-18(23)21-8-7-12-1-4-15(5-2-12)26(20,24)25/h1-6,10-11,22H,7-9H2,(H,21,23)(H2,20,24,25). The Kier molecular flexibility index (Phi) is 5.06. The van der Waals surface area contributed by atoms with Gasteiger partial charge in [0.05, 0.1) is 11.3 Å². The van der Waals surface area contributed by atoms with Gasteiger partial charge in [-0.15, -0.1) is 0 Å². The highest BCUT2D eigenvalue weighted by molar-refractivity contribution is 7.89. The number of nitrogens with one attached hydrogen (secondary N) is 2. The molecule has 1 heterocycles. The molecule has 0 radical (unpaired) electrons. The Morgan fingerprint density at radius 1 is 1.15 bits per heavy atom. The number of aromatic amines is 1. The van der Waals surface area contributed by atoms with Gasteiger partial charge in [-0.3, -0.25) is 4.79 Å². The number of hydrogen-bond acceptors (Lipinski definition) is 3. The zero-order chi connectivity index (χ0) is 18.7. The molecule has 4 N–H and O–H groups in total. The van der Waals surface area contributed by atoms with Gasteiger partial charge in [0.15, 0.2) is 0 Å². The molecular formula is C18H18FN3O3S. The van der Waals surface area contributed by atoms with Crippen molar-refractivity contribution in [3.05, 3.63) is 65.6 Å². The van der Waals surface area contributed by atoms with E-state index in [0.29, 0.717) is 18.5 Å². The number of carbonyl (C=O) groups is 1. The molecule has 0 unspecified atom stereocenters. The van der Waals surface area contributed by atoms with Crippen LogP contribution < -0.4 is 10.5 Å². The zero-order valence-electron chi connectivity index (χ0n) is 13.8. The summed E-state index contributed by atoms with van der Waals surface area (Å²) in [6.45, 7) is 0.421. The monoisotopic (exact) mass is 375 g/mol. The van der Waals surface area contributed by atoms with E-state index in [0.717, 1.165) is 16.5 Å². The van der Waals surface area contributed by atoms with Crippen molar-refractivity contribution in [1.29, 1.82) is 0 Å². The number of halogens is 1. The second-order valence-electron chi connectivity index (χ2n) is 5.97. The first kappa shape index (κ1) is 18.1. The van der Waals surface area contributed by atoms with Gasteiger partial charge >= 0.3 is 0 Å². The van der Waals surface area contributed by atoms with Crippen LogP contribution in [0.4, 0.5) is 4.39 Å². The number of fused-ring (bicyclic) bond motifs is 1. The van der Waals surface area contributed by atoms with Crippen LogP contribution in [0.2, 0.25) is 0 Å². The maximum Gasteiger partial charge on any atom is 0.238 e. The molecule has 1 aromatic heterocycles. The van der Waals surface area contributed by atoms with E-state index in [9.17, 15) is 17.6 Å². The van der Waals surface area contributed by atoms with Gasteiger partial charge in [0.1, 0.15) is 5.82 Å². The van der Waals surface area contributed by atoms with Crippen LogP contribution in [-0.2, 0) is 27.7 Å². The molecule has 0 aliphatic rings. The second kappa shape index (κ2) is 7.27. The van der Waals surface area contributed by atoms with Gasteiger partial charge in [-0.25, -0.2) is 17.9 Å². The Labute approximate surface area is 150 Å². The van der Waals surface area contributed by atoms with Crippen molar-refractivity contribution in [2.45, 2.75) is 17.7 Å². The number of carbonyl (C=O) groups excluding carboxylic acids is 1. The Balaban J connectivity index is 1.54. The summed E-state index contributed by atoms with van der Waals surface area (Å²) < 4.78 is 35.6. The lowest BCUT2D eigenvalue weighted by molar-refractivity contribution is -0.120. The topological polar surface area (TPSA) is 105 Å². The predicted molar refractivity (Wildman–Crippen MR) is 96.5 cm³/mol. The van der Waals surface area contributed by atoms with Crippen molar-refractivity contribution in [1.82, 2.24) is 10.3 Å². The number of sulfonamides is 1. The maximum atomic E-state index is 13.2. The third kappa shape index (κ3) is 4.27. The molecule has 3 aromatic rings. The summed E-state index contributed by atoms with van der Waals surface area (Å²) in [5.74, 6) is -0.472. The summed E-state index contributed by atoms with van der Waals surface area (Å²) in [5.41, 5.74) is 2.35. The molecule has 0 aliphatic carbocycles. The summed E-state index contributed by atoms with van der Waals surface area (Å²) in [7, 11) is -3.70. The SMILES string of the molecule is NS(=O)(=O)c1ccc(CCNC(=O)Cc2c[nH]c3cc(F)ccc23)cc1. The quantitative estimate of drug-likeness (QED) is 0.612. The molecule has 8 heteroatoms. The lowest BCUT2D eigenvalue weighted by atomic mass is 10.1. The van der Waals surface area contributed by atoms with Crippen molar-refractivity contribution < 1.29 is 17.6 Å². The largest absolute Gasteiger partial charge is 0.361 e. The van der Waals surface area contributed by atoms with Crippen LogP contribution >= 0.6 is 0 Å². The van der Waals surface area contributed by atoms with E-state index in [1.807, 2.05) is 0 Å². The molecule has 0 bridgehead atoms. The third-order valence-electron chi connectivity index (χ3n) is 4.07. The molecule has 0 aliphatic heterocycles. The van der Waals surface area contributed by atoms with Crippen molar-refractivity contribution >= 4 is 26.8 Å². The van der Waals surface area contributed by atoms with Crippen LogP contribution in [0.1, 0.15) is 11.1 Å². The molecule has 136 valence electrons. The Bertz CT molecular complexity index is 1040. The van der Waals surface area contributed by atoms with Gasteiger partial charge in [0.25, 0.3) is 0 Å². The highest BCUT2D eigenvalue weighted by Gasteiger charge is 2.10. The number of rotatable bonds is 6.